The summed E-state index contributed by atoms with van der Waals surface area (Å²) >= 11 is 0. The first kappa shape index (κ1) is 8.31. The predicted octanol–water partition coefficient (Wildman–Crippen LogP) is 3.41. The summed E-state index contributed by atoms with van der Waals surface area (Å²) in [5, 5.41) is 0. The van der Waals surface area contributed by atoms with Gasteiger partial charge in [0, 0.05) is 5.92 Å². The Morgan fingerprint density at radius 3 is 2.54 bits per heavy atom. The summed E-state index contributed by atoms with van der Waals surface area (Å²) in [5.74, 6) is 0.464. The summed E-state index contributed by atoms with van der Waals surface area (Å²) in [7, 11) is 0. The minimum atomic E-state index is 0.464. The number of allylic oxidation sites excluding steroid dienone is 4. The molecule has 1 unspecified atom stereocenters. The van der Waals surface area contributed by atoms with Gasteiger partial charge in [-0.3, -0.25) is 0 Å². The Hall–Kier alpha value is -1.30. The van der Waals surface area contributed by atoms with E-state index < -0.39 is 0 Å². The first-order chi connectivity index (χ1) is 6.38. The van der Waals surface area contributed by atoms with Crippen molar-refractivity contribution in [3.05, 3.63) is 66.1 Å². The maximum atomic E-state index is 2.22. The van der Waals surface area contributed by atoms with Crippen LogP contribution < -0.4 is 0 Å². The zero-order valence-corrected chi connectivity index (χ0v) is 7.77. The molecule has 1 radical (unpaired) electrons. The van der Waals surface area contributed by atoms with Gasteiger partial charge in [-0.2, -0.15) is 0 Å². The molecule has 2 rings (SSSR count). The van der Waals surface area contributed by atoms with Crippen molar-refractivity contribution in [3.8, 4) is 0 Å². The van der Waals surface area contributed by atoms with Crippen molar-refractivity contribution in [2.45, 2.75) is 12.8 Å². The lowest BCUT2D eigenvalue weighted by Crippen LogP contribution is -1.99. The van der Waals surface area contributed by atoms with Crippen molar-refractivity contribution in [1.82, 2.24) is 0 Å². The molecule has 1 aliphatic rings. The second-order valence-electron chi connectivity index (χ2n) is 3.34. The standard InChI is InChI=1S/C13H13/c1-11-7-5-6-10-13(11)12-8-3-2-4-9-12/h2-10,12H,1H3. The summed E-state index contributed by atoms with van der Waals surface area (Å²) < 4.78 is 0. The van der Waals surface area contributed by atoms with Crippen LogP contribution in [0, 0.1) is 13.3 Å². The van der Waals surface area contributed by atoms with Crippen molar-refractivity contribution < 1.29 is 0 Å². The molecule has 1 aromatic rings. The molecular weight excluding hydrogens is 156 g/mol. The van der Waals surface area contributed by atoms with E-state index in [4.69, 9.17) is 0 Å². The predicted molar refractivity (Wildman–Crippen MR) is 56.5 cm³/mol. The van der Waals surface area contributed by atoms with Gasteiger partial charge in [0.15, 0.2) is 0 Å². The Bertz CT molecular complexity index is 345. The van der Waals surface area contributed by atoms with Gasteiger partial charge in [-0.25, -0.2) is 0 Å². The Kier molecular flexibility index (Phi) is 2.31. The molecule has 0 aromatic heterocycles. The van der Waals surface area contributed by atoms with Crippen molar-refractivity contribution in [2.24, 2.45) is 0 Å². The zero-order valence-electron chi connectivity index (χ0n) is 7.77. The van der Waals surface area contributed by atoms with Crippen LogP contribution >= 0.6 is 0 Å². The molecule has 1 aromatic carbocycles. The van der Waals surface area contributed by atoms with Gasteiger partial charge in [-0.1, -0.05) is 48.6 Å². The molecule has 0 spiro atoms. The normalized spacial score (nSPS) is 20.5. The third-order valence-corrected chi connectivity index (χ3v) is 2.41. The van der Waals surface area contributed by atoms with E-state index in [-0.39, 0.29) is 0 Å². The van der Waals surface area contributed by atoms with Crippen LogP contribution in [0.2, 0.25) is 0 Å². The van der Waals surface area contributed by atoms with Crippen molar-refractivity contribution in [3.63, 3.8) is 0 Å². The van der Waals surface area contributed by atoms with E-state index in [2.05, 4.69) is 61.9 Å². The van der Waals surface area contributed by atoms with Crippen LogP contribution in [0.15, 0.2) is 48.6 Å². The highest BCUT2D eigenvalue weighted by atomic mass is 14.1. The van der Waals surface area contributed by atoms with Crippen molar-refractivity contribution in [2.75, 3.05) is 0 Å². The Morgan fingerprint density at radius 2 is 1.85 bits per heavy atom. The molecule has 0 bridgehead atoms. The molecule has 0 nitrogen and oxygen atoms in total. The minimum Gasteiger partial charge on any atom is -0.0799 e. The van der Waals surface area contributed by atoms with E-state index in [0.717, 1.165) is 0 Å². The van der Waals surface area contributed by atoms with Crippen LogP contribution in [0.1, 0.15) is 17.0 Å². The average Bonchev–Trinajstić information content (AvgIpc) is 2.20. The van der Waals surface area contributed by atoms with Gasteiger partial charge >= 0.3 is 0 Å². The highest BCUT2D eigenvalue weighted by Crippen LogP contribution is 2.25. The molecule has 1 aliphatic carbocycles. The third kappa shape index (κ3) is 1.72. The molecule has 0 heterocycles. The summed E-state index contributed by atoms with van der Waals surface area (Å²) in [6, 6.07) is 8.54. The fourth-order valence-corrected chi connectivity index (χ4v) is 1.66. The topological polar surface area (TPSA) is 0 Å². The fourth-order valence-electron chi connectivity index (χ4n) is 1.66. The minimum absolute atomic E-state index is 0.464. The van der Waals surface area contributed by atoms with Gasteiger partial charge in [-0.15, -0.1) is 0 Å². The van der Waals surface area contributed by atoms with Crippen molar-refractivity contribution >= 4 is 0 Å². The van der Waals surface area contributed by atoms with Crippen LogP contribution in [-0.4, -0.2) is 0 Å². The first-order valence-electron chi connectivity index (χ1n) is 4.62. The Balaban J connectivity index is 2.30. The monoisotopic (exact) mass is 169 g/mol. The van der Waals surface area contributed by atoms with Gasteiger partial charge < -0.3 is 0 Å². The Morgan fingerprint density at radius 1 is 1.00 bits per heavy atom. The van der Waals surface area contributed by atoms with E-state index in [1.165, 1.54) is 11.1 Å². The summed E-state index contributed by atoms with van der Waals surface area (Å²) in [5.41, 5.74) is 2.77. The van der Waals surface area contributed by atoms with E-state index in [1.807, 2.05) is 0 Å². The Labute approximate surface area is 79.6 Å². The van der Waals surface area contributed by atoms with E-state index in [9.17, 15) is 0 Å². The fraction of sp³-hybridized carbons (Fsp3) is 0.154. The molecule has 0 heteroatoms. The number of rotatable bonds is 1. The molecular formula is C13H13. The second kappa shape index (κ2) is 3.61. The number of hydrogen-bond donors (Lipinski definition) is 0. The SMILES string of the molecule is Cc1ccccc1C1[CH]C=CC=C1. The van der Waals surface area contributed by atoms with Crippen LogP contribution in [0.5, 0.6) is 0 Å². The zero-order chi connectivity index (χ0) is 9.10. The quantitative estimate of drug-likeness (QED) is 0.604. The van der Waals surface area contributed by atoms with Crippen LogP contribution in [0.25, 0.3) is 0 Å². The largest absolute Gasteiger partial charge is 0.0799 e. The molecule has 1 atom stereocenters. The van der Waals surface area contributed by atoms with Gasteiger partial charge in [0.05, 0.1) is 0 Å². The third-order valence-electron chi connectivity index (χ3n) is 2.41. The highest BCUT2D eigenvalue weighted by Gasteiger charge is 2.09. The van der Waals surface area contributed by atoms with Gasteiger partial charge in [0.25, 0.3) is 0 Å². The molecule has 65 valence electrons. The summed E-state index contributed by atoms with van der Waals surface area (Å²) in [6.45, 7) is 2.16. The maximum Gasteiger partial charge on any atom is 0.00926 e. The van der Waals surface area contributed by atoms with Gasteiger partial charge in [-0.05, 0) is 24.5 Å². The molecule has 0 saturated heterocycles. The van der Waals surface area contributed by atoms with Gasteiger partial charge in [0.1, 0.15) is 0 Å². The molecule has 0 saturated carbocycles. The molecule has 13 heavy (non-hydrogen) atoms. The van der Waals surface area contributed by atoms with Crippen molar-refractivity contribution in [1.29, 1.82) is 0 Å². The maximum absolute atomic E-state index is 2.22. The summed E-state index contributed by atoms with van der Waals surface area (Å²) in [4.78, 5) is 0. The van der Waals surface area contributed by atoms with Crippen LogP contribution in [0.4, 0.5) is 0 Å². The van der Waals surface area contributed by atoms with E-state index in [0.29, 0.717) is 5.92 Å². The van der Waals surface area contributed by atoms with E-state index in [1.54, 1.807) is 0 Å². The molecule has 0 aliphatic heterocycles. The highest BCUT2D eigenvalue weighted by molar-refractivity contribution is 5.38. The number of aryl methyl sites for hydroxylation is 1. The van der Waals surface area contributed by atoms with Crippen LogP contribution in [0.3, 0.4) is 0 Å². The number of benzene rings is 1. The number of hydrogen-bond acceptors (Lipinski definition) is 0. The lowest BCUT2D eigenvalue weighted by atomic mass is 9.90. The van der Waals surface area contributed by atoms with Crippen LogP contribution in [-0.2, 0) is 0 Å². The average molecular weight is 169 g/mol. The van der Waals surface area contributed by atoms with E-state index >= 15 is 0 Å². The van der Waals surface area contributed by atoms with Gasteiger partial charge in [0.2, 0.25) is 0 Å². The summed E-state index contributed by atoms with van der Waals surface area (Å²) in [6.07, 6.45) is 10.7. The molecule has 0 N–H and O–H groups in total. The lowest BCUT2D eigenvalue weighted by Gasteiger charge is -2.15. The first-order valence-corrected chi connectivity index (χ1v) is 4.62. The lowest BCUT2D eigenvalue weighted by molar-refractivity contribution is 0.994. The molecule has 0 fully saturated rings. The second-order valence-corrected chi connectivity index (χ2v) is 3.34. The molecule has 0 amide bonds. The smallest absolute Gasteiger partial charge is 0.00926 e.